The topological polar surface area (TPSA) is 0 Å². The SMILES string of the molecule is P=C=C=P. The molecule has 0 saturated heterocycles. The Balaban J connectivity index is 3.95. The Morgan fingerprint density at radius 1 is 1.00 bits per heavy atom. The van der Waals surface area contributed by atoms with E-state index in [1.54, 1.807) is 0 Å². The van der Waals surface area contributed by atoms with Crippen molar-refractivity contribution in [1.82, 2.24) is 0 Å². The van der Waals surface area contributed by atoms with E-state index in [0.717, 1.165) is 0 Å². The number of rotatable bonds is 0. The molecule has 0 N–H and O–H groups in total. The van der Waals surface area contributed by atoms with Crippen molar-refractivity contribution in [2.24, 2.45) is 0 Å². The van der Waals surface area contributed by atoms with Crippen LogP contribution in [0.25, 0.3) is 0 Å². The van der Waals surface area contributed by atoms with Crippen LogP contribution in [0.15, 0.2) is 0 Å². The molecule has 0 atom stereocenters. The van der Waals surface area contributed by atoms with E-state index in [-0.39, 0.29) is 0 Å². The number of hydrogen-bond acceptors (Lipinski definition) is 0. The van der Waals surface area contributed by atoms with Gasteiger partial charge in [0, 0.05) is 0 Å². The van der Waals surface area contributed by atoms with Crippen molar-refractivity contribution < 1.29 is 0 Å². The van der Waals surface area contributed by atoms with E-state index in [4.69, 9.17) is 0 Å². The molecule has 0 spiro atoms. The average molecular weight is 88.0 g/mol. The Kier molecular flexibility index (Phi) is 3.29. The van der Waals surface area contributed by atoms with Gasteiger partial charge in [0.25, 0.3) is 0 Å². The van der Waals surface area contributed by atoms with Gasteiger partial charge in [-0.3, -0.25) is 0 Å². The van der Waals surface area contributed by atoms with Gasteiger partial charge < -0.3 is 0 Å². The molecule has 20 valence electrons. The molecule has 0 radical (unpaired) electrons. The lowest BCUT2D eigenvalue weighted by molar-refractivity contribution is 4.12. The molecule has 0 saturated carbocycles. The van der Waals surface area contributed by atoms with Gasteiger partial charge in [0.1, 0.15) is 0 Å². The fourth-order valence-electron chi connectivity index (χ4n) is 0. The highest BCUT2D eigenvalue weighted by molar-refractivity contribution is 7.25. The van der Waals surface area contributed by atoms with E-state index in [2.05, 4.69) is 28.6 Å². The third kappa shape index (κ3) is 2.16. The molecule has 0 bridgehead atoms. The molecule has 0 aliphatic carbocycles. The van der Waals surface area contributed by atoms with Crippen LogP contribution >= 0.6 is 17.7 Å². The first-order chi connectivity index (χ1) is 1.91. The van der Waals surface area contributed by atoms with Gasteiger partial charge in [0.05, 0.1) is 0 Å². The summed E-state index contributed by atoms with van der Waals surface area (Å²) in [7, 11) is 5.76. The minimum atomic E-state index is 2.40. The normalized spacial score (nSPS) is 3.00. The molecule has 0 rings (SSSR count). The van der Waals surface area contributed by atoms with E-state index in [0.29, 0.717) is 0 Å². The van der Waals surface area contributed by atoms with Crippen molar-refractivity contribution in [3.8, 4) is 0 Å². The molecular weight excluding hydrogens is 86.0 g/mol. The molecule has 2 heteroatoms. The number of hydrogen-bond donors (Lipinski definition) is 0. The summed E-state index contributed by atoms with van der Waals surface area (Å²) in [5, 5.41) is 0. The fourth-order valence-corrected chi connectivity index (χ4v) is 0. The maximum absolute atomic E-state index is 2.88. The first-order valence-corrected chi connectivity index (χ1v) is 1.75. The molecular formula is C2H2P2. The van der Waals surface area contributed by atoms with Crippen LogP contribution in [0.1, 0.15) is 0 Å². The lowest BCUT2D eigenvalue weighted by Crippen LogP contribution is -1.22. The maximum Gasteiger partial charge on any atom is -0.0426 e. The molecule has 0 amide bonds. The minimum absolute atomic E-state index is 2.40. The second-order valence-electron chi connectivity index (χ2n) is 0.250. The lowest BCUT2D eigenvalue weighted by Gasteiger charge is -1.19. The fraction of sp³-hybridized carbons (Fsp3) is 0. The zero-order chi connectivity index (χ0) is 3.41. The Morgan fingerprint density at radius 2 is 1.25 bits per heavy atom. The van der Waals surface area contributed by atoms with Crippen molar-refractivity contribution in [2.45, 2.75) is 0 Å². The van der Waals surface area contributed by atoms with E-state index in [1.807, 2.05) is 0 Å². The first kappa shape index (κ1) is 4.16. The third-order valence-corrected chi connectivity index (χ3v) is 0.562. The molecule has 0 heterocycles. The van der Waals surface area contributed by atoms with Crippen molar-refractivity contribution in [3.05, 3.63) is 0 Å². The summed E-state index contributed by atoms with van der Waals surface area (Å²) in [6, 6.07) is 0. The van der Waals surface area contributed by atoms with E-state index in [9.17, 15) is 0 Å². The second-order valence-corrected chi connectivity index (χ2v) is 0.750. The zero-order valence-corrected chi connectivity index (χ0v) is 4.00. The average Bonchev–Trinajstić information content (AvgIpc) is 1.37. The van der Waals surface area contributed by atoms with Crippen LogP contribution < -0.4 is 0 Å². The summed E-state index contributed by atoms with van der Waals surface area (Å²) in [4.78, 5) is 0. The molecule has 0 aliphatic heterocycles. The van der Waals surface area contributed by atoms with E-state index >= 15 is 0 Å². The third-order valence-electron chi connectivity index (χ3n) is 0.0625. The van der Waals surface area contributed by atoms with Crippen LogP contribution in [-0.2, 0) is 0 Å². The summed E-state index contributed by atoms with van der Waals surface area (Å²) in [6.45, 7) is 0. The summed E-state index contributed by atoms with van der Waals surface area (Å²) in [6.07, 6.45) is 0. The predicted molar refractivity (Wildman–Crippen MR) is 26.6 cm³/mol. The Bertz CT molecular complexity index is 54.1. The van der Waals surface area contributed by atoms with E-state index < -0.39 is 0 Å². The molecule has 0 nitrogen and oxygen atoms in total. The monoisotopic (exact) mass is 88.0 g/mol. The van der Waals surface area contributed by atoms with Crippen molar-refractivity contribution in [3.63, 3.8) is 0 Å². The van der Waals surface area contributed by atoms with Gasteiger partial charge in [0.15, 0.2) is 0 Å². The van der Waals surface area contributed by atoms with Crippen LogP contribution in [0.4, 0.5) is 0 Å². The van der Waals surface area contributed by atoms with Gasteiger partial charge in [-0.05, 0) is 10.9 Å². The van der Waals surface area contributed by atoms with Crippen LogP contribution in [0.3, 0.4) is 0 Å². The van der Waals surface area contributed by atoms with Gasteiger partial charge in [-0.25, -0.2) is 0 Å². The van der Waals surface area contributed by atoms with Crippen LogP contribution in [-0.4, -0.2) is 10.9 Å². The van der Waals surface area contributed by atoms with Gasteiger partial charge in [0.2, 0.25) is 0 Å². The highest BCUT2D eigenvalue weighted by atomic mass is 31.0. The highest BCUT2D eigenvalue weighted by Gasteiger charge is 1.10. The Morgan fingerprint density at radius 3 is 1.25 bits per heavy atom. The largest absolute Gasteiger partial charge is 0.0598 e. The molecule has 4 heavy (non-hydrogen) atoms. The van der Waals surface area contributed by atoms with Crippen molar-refractivity contribution in [1.29, 1.82) is 0 Å². The van der Waals surface area contributed by atoms with Crippen LogP contribution in [0, 0.1) is 0 Å². The Labute approximate surface area is 29.6 Å². The van der Waals surface area contributed by atoms with E-state index in [1.165, 1.54) is 0 Å². The molecule has 0 fully saturated rings. The summed E-state index contributed by atoms with van der Waals surface area (Å²) in [5.74, 6) is 0. The van der Waals surface area contributed by atoms with Crippen molar-refractivity contribution in [2.75, 3.05) is 0 Å². The van der Waals surface area contributed by atoms with Gasteiger partial charge in [-0.2, -0.15) is 0 Å². The van der Waals surface area contributed by atoms with Crippen LogP contribution in [0.2, 0.25) is 0 Å². The smallest absolute Gasteiger partial charge is 0.0426 e. The first-order valence-electron chi connectivity index (χ1n) is 0.750. The Hall–Kier alpha value is 0.160. The standard InChI is InChI=1S/C2H2P2/c3-1-2-4/h3-4H. The molecule has 0 aromatic rings. The predicted octanol–water partition coefficient (Wildman–Crippen LogP) is 0.630. The van der Waals surface area contributed by atoms with Gasteiger partial charge in [-0.1, -0.05) is 17.7 Å². The molecule has 0 aromatic heterocycles. The maximum atomic E-state index is 2.88. The molecule has 0 aliphatic rings. The highest BCUT2D eigenvalue weighted by Crippen LogP contribution is 1.39. The summed E-state index contributed by atoms with van der Waals surface area (Å²) in [5.41, 5.74) is 4.80. The molecule has 0 unspecified atom stereocenters. The van der Waals surface area contributed by atoms with Crippen LogP contribution in [0.5, 0.6) is 0 Å². The zero-order valence-electron chi connectivity index (χ0n) is 2.00. The molecule has 0 aromatic carbocycles. The minimum Gasteiger partial charge on any atom is -0.0598 e. The van der Waals surface area contributed by atoms with Gasteiger partial charge >= 0.3 is 0 Å². The van der Waals surface area contributed by atoms with Gasteiger partial charge in [-0.15, -0.1) is 0 Å². The second kappa shape index (κ2) is 3.16. The quantitative estimate of drug-likeness (QED) is 0.381. The lowest BCUT2D eigenvalue weighted by atomic mass is 11.3. The summed E-state index contributed by atoms with van der Waals surface area (Å²) < 4.78 is 0. The van der Waals surface area contributed by atoms with Crippen molar-refractivity contribution >= 4 is 28.6 Å². The summed E-state index contributed by atoms with van der Waals surface area (Å²) >= 11 is 0.